The highest BCUT2D eigenvalue weighted by Crippen LogP contribution is 2.40. The summed E-state index contributed by atoms with van der Waals surface area (Å²) in [6.07, 6.45) is 0.781. The number of Topliss-reactive ketones (excluding diaryl/α,β-unsaturated/α-hetero) is 1. The average molecular weight is 197 g/mol. The van der Waals surface area contributed by atoms with Crippen molar-refractivity contribution in [2.24, 2.45) is 5.41 Å². The van der Waals surface area contributed by atoms with Gasteiger partial charge in [-0.1, -0.05) is 13.8 Å². The second kappa shape index (κ2) is 3.37. The first kappa shape index (κ1) is 11.2. The SMILES string of the molecule is CC(=O)[C@@H]1CC(C)(C)[C@H](C)N1C(C)=O. The zero-order valence-corrected chi connectivity index (χ0v) is 9.63. The minimum Gasteiger partial charge on any atom is -0.330 e. The van der Waals surface area contributed by atoms with Gasteiger partial charge in [0.2, 0.25) is 5.91 Å². The Bertz CT molecular complexity index is 270. The van der Waals surface area contributed by atoms with Crippen LogP contribution in [-0.2, 0) is 9.59 Å². The van der Waals surface area contributed by atoms with Crippen molar-refractivity contribution >= 4 is 11.7 Å². The number of amides is 1. The van der Waals surface area contributed by atoms with Gasteiger partial charge in [-0.15, -0.1) is 0 Å². The van der Waals surface area contributed by atoms with Crippen molar-refractivity contribution in [1.82, 2.24) is 4.90 Å². The smallest absolute Gasteiger partial charge is 0.220 e. The van der Waals surface area contributed by atoms with Gasteiger partial charge in [0, 0.05) is 13.0 Å². The van der Waals surface area contributed by atoms with Crippen LogP contribution in [0.2, 0.25) is 0 Å². The Morgan fingerprint density at radius 3 is 2.07 bits per heavy atom. The first-order valence-electron chi connectivity index (χ1n) is 5.06. The van der Waals surface area contributed by atoms with Crippen LogP contribution in [-0.4, -0.2) is 28.7 Å². The summed E-state index contributed by atoms with van der Waals surface area (Å²) in [4.78, 5) is 24.6. The highest BCUT2D eigenvalue weighted by molar-refractivity contribution is 5.87. The molecule has 0 aliphatic carbocycles. The van der Waals surface area contributed by atoms with Crippen molar-refractivity contribution < 1.29 is 9.59 Å². The van der Waals surface area contributed by atoms with E-state index in [0.717, 1.165) is 6.42 Å². The van der Waals surface area contributed by atoms with E-state index in [0.29, 0.717) is 0 Å². The third kappa shape index (κ3) is 1.68. The molecule has 1 saturated heterocycles. The van der Waals surface area contributed by atoms with Gasteiger partial charge < -0.3 is 4.90 Å². The molecule has 3 heteroatoms. The number of rotatable bonds is 1. The highest BCUT2D eigenvalue weighted by Gasteiger charge is 2.46. The quantitative estimate of drug-likeness (QED) is 0.640. The Hall–Kier alpha value is -0.860. The summed E-state index contributed by atoms with van der Waals surface area (Å²) >= 11 is 0. The van der Waals surface area contributed by atoms with Crippen LogP contribution in [0.5, 0.6) is 0 Å². The fourth-order valence-electron chi connectivity index (χ4n) is 2.25. The van der Waals surface area contributed by atoms with Crippen molar-refractivity contribution in [3.8, 4) is 0 Å². The maximum Gasteiger partial charge on any atom is 0.220 e. The third-order valence-corrected chi connectivity index (χ3v) is 3.44. The zero-order chi connectivity index (χ0) is 11.1. The third-order valence-electron chi connectivity index (χ3n) is 3.44. The van der Waals surface area contributed by atoms with Crippen LogP contribution in [0.25, 0.3) is 0 Å². The lowest BCUT2D eigenvalue weighted by molar-refractivity contribution is -0.137. The van der Waals surface area contributed by atoms with Gasteiger partial charge in [-0.05, 0) is 25.7 Å². The molecule has 1 rings (SSSR count). The number of nitrogens with zero attached hydrogens (tertiary/aromatic N) is 1. The van der Waals surface area contributed by atoms with Gasteiger partial charge in [-0.2, -0.15) is 0 Å². The molecule has 0 aromatic carbocycles. The summed E-state index contributed by atoms with van der Waals surface area (Å²) in [6.45, 7) is 9.33. The summed E-state index contributed by atoms with van der Waals surface area (Å²) in [5, 5.41) is 0. The molecule has 1 aliphatic heterocycles. The van der Waals surface area contributed by atoms with Crippen LogP contribution in [0.4, 0.5) is 0 Å². The van der Waals surface area contributed by atoms with Crippen molar-refractivity contribution in [2.75, 3.05) is 0 Å². The van der Waals surface area contributed by atoms with Crippen LogP contribution in [0, 0.1) is 5.41 Å². The van der Waals surface area contributed by atoms with Crippen LogP contribution < -0.4 is 0 Å². The molecule has 3 nitrogen and oxygen atoms in total. The van der Waals surface area contributed by atoms with E-state index in [4.69, 9.17) is 0 Å². The maximum atomic E-state index is 11.4. The molecule has 0 unspecified atom stereocenters. The molecule has 1 aliphatic rings. The Balaban J connectivity index is 2.99. The van der Waals surface area contributed by atoms with Gasteiger partial charge in [0.05, 0.1) is 6.04 Å². The number of carbonyl (C=O) groups is 2. The number of likely N-dealkylation sites (tertiary alicyclic amines) is 1. The molecule has 0 N–H and O–H groups in total. The molecule has 1 amide bonds. The van der Waals surface area contributed by atoms with E-state index in [9.17, 15) is 9.59 Å². The number of hydrogen-bond donors (Lipinski definition) is 0. The summed E-state index contributed by atoms with van der Waals surface area (Å²) in [5.41, 5.74) is 0.0437. The number of hydrogen-bond acceptors (Lipinski definition) is 2. The molecule has 0 radical (unpaired) electrons. The molecule has 0 aromatic heterocycles. The predicted octanol–water partition coefficient (Wildman–Crippen LogP) is 1.61. The summed E-state index contributed by atoms with van der Waals surface area (Å²) in [6, 6.07) is -0.0635. The van der Waals surface area contributed by atoms with E-state index in [1.54, 1.807) is 11.8 Å². The van der Waals surface area contributed by atoms with E-state index in [1.165, 1.54) is 6.92 Å². The summed E-state index contributed by atoms with van der Waals surface area (Å²) < 4.78 is 0. The Morgan fingerprint density at radius 1 is 1.29 bits per heavy atom. The van der Waals surface area contributed by atoms with Gasteiger partial charge in [-0.3, -0.25) is 9.59 Å². The van der Waals surface area contributed by atoms with E-state index in [2.05, 4.69) is 13.8 Å². The van der Waals surface area contributed by atoms with Crippen LogP contribution in [0.15, 0.2) is 0 Å². The summed E-state index contributed by atoms with van der Waals surface area (Å²) in [7, 11) is 0. The predicted molar refractivity (Wildman–Crippen MR) is 54.8 cm³/mol. The normalized spacial score (nSPS) is 30.5. The molecule has 80 valence electrons. The lowest BCUT2D eigenvalue weighted by Crippen LogP contribution is -2.43. The number of ketones is 1. The topological polar surface area (TPSA) is 37.4 Å². The van der Waals surface area contributed by atoms with E-state index in [1.807, 2.05) is 6.92 Å². The largest absolute Gasteiger partial charge is 0.330 e. The standard InChI is InChI=1S/C11H19NO2/c1-7(13)10-6-11(4,5)8(2)12(10)9(3)14/h8,10H,6H2,1-5H3/t8-,10-/m0/s1. The molecule has 1 fully saturated rings. The van der Waals surface area contributed by atoms with Crippen molar-refractivity contribution in [3.63, 3.8) is 0 Å². The van der Waals surface area contributed by atoms with Gasteiger partial charge in [-0.25, -0.2) is 0 Å². The van der Waals surface area contributed by atoms with Gasteiger partial charge in [0.1, 0.15) is 0 Å². The second-order valence-corrected chi connectivity index (χ2v) is 4.92. The zero-order valence-electron chi connectivity index (χ0n) is 9.63. The van der Waals surface area contributed by atoms with Gasteiger partial charge >= 0.3 is 0 Å². The maximum absolute atomic E-state index is 11.4. The molecule has 1 heterocycles. The lowest BCUT2D eigenvalue weighted by atomic mass is 9.84. The fraction of sp³-hybridized carbons (Fsp3) is 0.818. The molecular formula is C11H19NO2. The molecule has 0 aromatic rings. The van der Waals surface area contributed by atoms with Crippen molar-refractivity contribution in [2.45, 2.75) is 53.1 Å². The lowest BCUT2D eigenvalue weighted by Gasteiger charge is -2.29. The van der Waals surface area contributed by atoms with Crippen molar-refractivity contribution in [1.29, 1.82) is 0 Å². The minimum absolute atomic E-state index is 0.00303. The Labute approximate surface area is 85.5 Å². The van der Waals surface area contributed by atoms with Crippen LogP contribution in [0.1, 0.15) is 41.0 Å². The summed E-state index contributed by atoms with van der Waals surface area (Å²) in [5.74, 6) is 0.0981. The Morgan fingerprint density at radius 2 is 1.79 bits per heavy atom. The first-order valence-corrected chi connectivity index (χ1v) is 5.06. The second-order valence-electron chi connectivity index (χ2n) is 4.92. The van der Waals surface area contributed by atoms with Gasteiger partial charge in [0.25, 0.3) is 0 Å². The van der Waals surface area contributed by atoms with Crippen LogP contribution in [0.3, 0.4) is 0 Å². The van der Waals surface area contributed by atoms with E-state index >= 15 is 0 Å². The van der Waals surface area contributed by atoms with E-state index in [-0.39, 0.29) is 29.2 Å². The first-order chi connectivity index (χ1) is 6.27. The fourth-order valence-corrected chi connectivity index (χ4v) is 2.25. The molecular weight excluding hydrogens is 178 g/mol. The molecule has 0 saturated carbocycles. The van der Waals surface area contributed by atoms with Crippen LogP contribution >= 0.6 is 0 Å². The molecule has 14 heavy (non-hydrogen) atoms. The molecule has 0 bridgehead atoms. The van der Waals surface area contributed by atoms with Gasteiger partial charge in [0.15, 0.2) is 5.78 Å². The Kier molecular flexibility index (Phi) is 2.70. The number of carbonyl (C=O) groups excluding carboxylic acids is 2. The van der Waals surface area contributed by atoms with E-state index < -0.39 is 0 Å². The molecule has 2 atom stereocenters. The average Bonchev–Trinajstić information content (AvgIpc) is 2.23. The monoisotopic (exact) mass is 197 g/mol. The highest BCUT2D eigenvalue weighted by atomic mass is 16.2. The minimum atomic E-state index is -0.211. The van der Waals surface area contributed by atoms with Crippen molar-refractivity contribution in [3.05, 3.63) is 0 Å². The molecule has 0 spiro atoms.